The minimum atomic E-state index is -0.788. The number of methoxy groups -OCH3 is 1. The minimum Gasteiger partial charge on any atom is -0.468 e. The maximum absolute atomic E-state index is 13.6. The molecule has 8 heteroatoms. The number of hydrogen-bond acceptors (Lipinski definition) is 4. The van der Waals surface area contributed by atoms with Gasteiger partial charge in [0.25, 0.3) is 5.91 Å². The molecule has 1 heterocycles. The Morgan fingerprint density at radius 3 is 2.81 bits per heavy atom. The number of imide groups is 1. The molecule has 0 unspecified atom stereocenters. The molecule has 1 aliphatic rings. The molecule has 110 valence electrons. The lowest BCUT2D eigenvalue weighted by Gasteiger charge is -2.09. The van der Waals surface area contributed by atoms with Gasteiger partial charge in [-0.25, -0.2) is 14.1 Å². The van der Waals surface area contributed by atoms with Gasteiger partial charge in [0, 0.05) is 5.56 Å². The number of hydrogen-bond donors (Lipinski definition) is 1. The molecular formula is C13H10ClFN2O4. The quantitative estimate of drug-likeness (QED) is 0.522. The van der Waals surface area contributed by atoms with E-state index in [1.807, 2.05) is 0 Å². The van der Waals surface area contributed by atoms with Crippen molar-refractivity contribution in [2.45, 2.75) is 0 Å². The van der Waals surface area contributed by atoms with Gasteiger partial charge >= 0.3 is 12.0 Å². The van der Waals surface area contributed by atoms with Crippen LogP contribution in [0, 0.1) is 5.82 Å². The maximum Gasteiger partial charge on any atom is 0.329 e. The van der Waals surface area contributed by atoms with Gasteiger partial charge in [-0.05, 0) is 18.2 Å². The third-order valence-corrected chi connectivity index (χ3v) is 3.10. The zero-order chi connectivity index (χ0) is 15.6. The van der Waals surface area contributed by atoms with E-state index >= 15 is 0 Å². The van der Waals surface area contributed by atoms with E-state index < -0.39 is 30.3 Å². The van der Waals surface area contributed by atoms with Crippen molar-refractivity contribution < 1.29 is 23.5 Å². The second kappa shape index (κ2) is 5.92. The van der Waals surface area contributed by atoms with Crippen LogP contribution in [0.5, 0.6) is 0 Å². The Morgan fingerprint density at radius 2 is 2.19 bits per heavy atom. The highest BCUT2D eigenvalue weighted by Gasteiger charge is 2.35. The van der Waals surface area contributed by atoms with E-state index in [9.17, 15) is 18.8 Å². The van der Waals surface area contributed by atoms with E-state index in [2.05, 4.69) is 10.1 Å². The molecule has 0 radical (unpaired) electrons. The summed E-state index contributed by atoms with van der Waals surface area (Å²) in [5.41, 5.74) is -0.196. The second-order valence-corrected chi connectivity index (χ2v) is 4.50. The van der Waals surface area contributed by atoms with Gasteiger partial charge in [-0.3, -0.25) is 9.59 Å². The Bertz CT molecular complexity index is 639. The Labute approximate surface area is 124 Å². The number of carbonyl (C=O) groups excluding carboxylic acids is 3. The van der Waals surface area contributed by atoms with E-state index in [1.54, 1.807) is 0 Å². The van der Waals surface area contributed by atoms with Crippen LogP contribution in [0.3, 0.4) is 0 Å². The first-order valence-corrected chi connectivity index (χ1v) is 6.17. The van der Waals surface area contributed by atoms with Crippen LogP contribution < -0.4 is 5.32 Å². The fourth-order valence-corrected chi connectivity index (χ4v) is 1.92. The SMILES string of the molecule is COC(=O)CN1C(=O)N/C(=C/c2c(F)cccc2Cl)C1=O. The lowest BCUT2D eigenvalue weighted by molar-refractivity contribution is -0.143. The Morgan fingerprint density at radius 1 is 1.48 bits per heavy atom. The van der Waals surface area contributed by atoms with Crippen LogP contribution in [0.25, 0.3) is 6.08 Å². The lowest BCUT2D eigenvalue weighted by atomic mass is 10.1. The monoisotopic (exact) mass is 312 g/mol. The molecule has 0 aromatic heterocycles. The molecule has 0 atom stereocenters. The van der Waals surface area contributed by atoms with Crippen molar-refractivity contribution >= 4 is 35.6 Å². The van der Waals surface area contributed by atoms with E-state index in [4.69, 9.17) is 11.6 Å². The molecule has 1 N–H and O–H groups in total. The van der Waals surface area contributed by atoms with Gasteiger partial charge in [-0.1, -0.05) is 17.7 Å². The average molecular weight is 313 g/mol. The minimum absolute atomic E-state index is 0.0252. The number of esters is 1. The highest BCUT2D eigenvalue weighted by Crippen LogP contribution is 2.23. The number of nitrogens with zero attached hydrogens (tertiary/aromatic N) is 1. The number of rotatable bonds is 3. The molecule has 0 spiro atoms. The van der Waals surface area contributed by atoms with Gasteiger partial charge in [-0.15, -0.1) is 0 Å². The predicted octanol–water partition coefficient (Wildman–Crippen LogP) is 1.54. The van der Waals surface area contributed by atoms with Crippen LogP contribution in [-0.2, 0) is 14.3 Å². The molecule has 0 aliphatic carbocycles. The largest absolute Gasteiger partial charge is 0.468 e. The number of ether oxygens (including phenoxy) is 1. The van der Waals surface area contributed by atoms with Crippen molar-refractivity contribution in [2.75, 3.05) is 13.7 Å². The van der Waals surface area contributed by atoms with Gasteiger partial charge in [0.2, 0.25) is 0 Å². The van der Waals surface area contributed by atoms with Crippen LogP contribution in [0.4, 0.5) is 9.18 Å². The summed E-state index contributed by atoms with van der Waals surface area (Å²) in [5.74, 6) is -2.14. The first kappa shape index (κ1) is 15.0. The molecule has 2 rings (SSSR count). The molecule has 1 saturated heterocycles. The Hall–Kier alpha value is -2.41. The van der Waals surface area contributed by atoms with Crippen molar-refractivity contribution in [2.24, 2.45) is 0 Å². The Balaban J connectivity index is 2.30. The van der Waals surface area contributed by atoms with Gasteiger partial charge < -0.3 is 10.1 Å². The van der Waals surface area contributed by atoms with Crippen molar-refractivity contribution in [1.29, 1.82) is 0 Å². The molecule has 21 heavy (non-hydrogen) atoms. The highest BCUT2D eigenvalue weighted by atomic mass is 35.5. The summed E-state index contributed by atoms with van der Waals surface area (Å²) in [6.07, 6.45) is 1.12. The number of urea groups is 1. The van der Waals surface area contributed by atoms with Crippen LogP contribution >= 0.6 is 11.6 Å². The molecule has 1 aromatic carbocycles. The van der Waals surface area contributed by atoms with Crippen molar-refractivity contribution in [3.8, 4) is 0 Å². The number of carbonyl (C=O) groups is 3. The summed E-state index contributed by atoms with van der Waals surface area (Å²) in [6.45, 7) is -0.524. The lowest BCUT2D eigenvalue weighted by Crippen LogP contribution is -2.36. The third kappa shape index (κ3) is 3.03. The smallest absolute Gasteiger partial charge is 0.329 e. The fourth-order valence-electron chi connectivity index (χ4n) is 1.70. The number of amides is 3. The normalized spacial score (nSPS) is 16.3. The first-order chi connectivity index (χ1) is 9.93. The van der Waals surface area contributed by atoms with E-state index in [-0.39, 0.29) is 16.3 Å². The van der Waals surface area contributed by atoms with Crippen LogP contribution in [-0.4, -0.2) is 36.5 Å². The van der Waals surface area contributed by atoms with Crippen molar-refractivity contribution in [1.82, 2.24) is 10.2 Å². The predicted molar refractivity (Wildman–Crippen MR) is 71.6 cm³/mol. The highest BCUT2D eigenvalue weighted by molar-refractivity contribution is 6.32. The molecule has 3 amide bonds. The summed E-state index contributed by atoms with van der Waals surface area (Å²) in [4.78, 5) is 35.4. The fraction of sp³-hybridized carbons (Fsp3) is 0.154. The maximum atomic E-state index is 13.6. The van der Waals surface area contributed by atoms with Gasteiger partial charge in [-0.2, -0.15) is 0 Å². The standard InChI is InChI=1S/C13H10ClFN2O4/c1-21-11(18)6-17-12(19)10(16-13(17)20)5-7-8(14)3-2-4-9(7)15/h2-5H,6H2,1H3,(H,16,20)/b10-5+. The van der Waals surface area contributed by atoms with Gasteiger partial charge in [0.15, 0.2) is 0 Å². The third-order valence-electron chi connectivity index (χ3n) is 2.77. The van der Waals surface area contributed by atoms with Crippen molar-refractivity contribution in [3.63, 3.8) is 0 Å². The van der Waals surface area contributed by atoms with Crippen molar-refractivity contribution in [3.05, 3.63) is 40.3 Å². The Kier molecular flexibility index (Phi) is 4.23. The molecule has 1 aliphatic heterocycles. The molecule has 1 fully saturated rings. The second-order valence-electron chi connectivity index (χ2n) is 4.09. The number of benzene rings is 1. The number of halogens is 2. The molecule has 1 aromatic rings. The van der Waals surface area contributed by atoms with Gasteiger partial charge in [0.05, 0.1) is 12.1 Å². The van der Waals surface area contributed by atoms with E-state index in [0.29, 0.717) is 4.90 Å². The summed E-state index contributed by atoms with van der Waals surface area (Å²) in [7, 11) is 1.14. The summed E-state index contributed by atoms with van der Waals surface area (Å²) in [6, 6.07) is 3.25. The van der Waals surface area contributed by atoms with Crippen LogP contribution in [0.2, 0.25) is 5.02 Å². The average Bonchev–Trinajstić information content (AvgIpc) is 2.70. The van der Waals surface area contributed by atoms with E-state index in [1.165, 1.54) is 18.2 Å². The topological polar surface area (TPSA) is 75.7 Å². The number of nitrogens with one attached hydrogen (secondary N) is 1. The zero-order valence-corrected chi connectivity index (χ0v) is 11.6. The van der Waals surface area contributed by atoms with Crippen LogP contribution in [0.15, 0.2) is 23.9 Å². The molecular weight excluding hydrogens is 303 g/mol. The van der Waals surface area contributed by atoms with E-state index in [0.717, 1.165) is 13.2 Å². The zero-order valence-electron chi connectivity index (χ0n) is 10.9. The summed E-state index contributed by atoms with van der Waals surface area (Å²) in [5, 5.41) is 2.35. The van der Waals surface area contributed by atoms with Gasteiger partial charge in [0.1, 0.15) is 18.1 Å². The molecule has 0 bridgehead atoms. The summed E-state index contributed by atoms with van der Waals surface area (Å²) < 4.78 is 18.0. The first-order valence-electron chi connectivity index (χ1n) is 5.79. The molecule has 6 nitrogen and oxygen atoms in total. The summed E-state index contributed by atoms with van der Waals surface area (Å²) >= 11 is 5.84. The molecule has 0 saturated carbocycles. The van der Waals surface area contributed by atoms with Crippen LogP contribution in [0.1, 0.15) is 5.56 Å².